The van der Waals surface area contributed by atoms with E-state index in [2.05, 4.69) is 59.0 Å². The van der Waals surface area contributed by atoms with E-state index >= 15 is 0 Å². The van der Waals surface area contributed by atoms with Crippen molar-refractivity contribution < 1.29 is 4.74 Å². The van der Waals surface area contributed by atoms with Crippen LogP contribution in [0.15, 0.2) is 43.0 Å². The normalized spacial score (nSPS) is 14.9. The van der Waals surface area contributed by atoms with Crippen LogP contribution in [0.1, 0.15) is 18.9 Å². The lowest BCUT2D eigenvalue weighted by Crippen LogP contribution is -2.29. The number of piperidine rings is 1. The number of hydrogen-bond acceptors (Lipinski definition) is 6. The third-order valence-electron chi connectivity index (χ3n) is 5.62. The number of halogens is 2. The SMILES string of the molecule is COc1ccc(-c2cn(SI)c3ncc(-c4cn(C5CCNCC5)nc4Cl)cc23)cn1. The molecule has 0 saturated carbocycles. The van der Waals surface area contributed by atoms with E-state index in [1.54, 1.807) is 16.2 Å². The second-order valence-corrected chi connectivity index (χ2v) is 9.49. The number of ether oxygens (including phenoxy) is 1. The first-order chi connectivity index (χ1) is 15.2. The number of nitrogens with one attached hydrogen (secondary N) is 1. The van der Waals surface area contributed by atoms with E-state index in [9.17, 15) is 0 Å². The lowest BCUT2D eigenvalue weighted by molar-refractivity contribution is 0.343. The van der Waals surface area contributed by atoms with Crippen LogP contribution in [0.2, 0.25) is 5.15 Å². The summed E-state index contributed by atoms with van der Waals surface area (Å²) < 4.78 is 9.27. The Morgan fingerprint density at radius 3 is 2.65 bits per heavy atom. The van der Waals surface area contributed by atoms with E-state index in [4.69, 9.17) is 21.3 Å². The molecule has 0 unspecified atom stereocenters. The van der Waals surface area contributed by atoms with Gasteiger partial charge in [-0.15, -0.1) is 0 Å². The Labute approximate surface area is 201 Å². The zero-order valence-corrected chi connectivity index (χ0v) is 20.5. The highest BCUT2D eigenvalue weighted by Crippen LogP contribution is 2.37. The average Bonchev–Trinajstić information content (AvgIpc) is 3.40. The summed E-state index contributed by atoms with van der Waals surface area (Å²) in [6.07, 6.45) is 9.95. The summed E-state index contributed by atoms with van der Waals surface area (Å²) in [5.41, 5.74) is 4.83. The zero-order valence-electron chi connectivity index (χ0n) is 16.8. The minimum atomic E-state index is 0.377. The monoisotopic (exact) mass is 566 g/mol. The Bertz CT molecular complexity index is 1220. The molecule has 0 aliphatic carbocycles. The van der Waals surface area contributed by atoms with Gasteiger partial charge in [0.2, 0.25) is 5.88 Å². The molecule has 0 amide bonds. The van der Waals surface area contributed by atoms with Crippen molar-refractivity contribution in [1.29, 1.82) is 0 Å². The number of hydrogen-bond donors (Lipinski definition) is 1. The molecule has 31 heavy (non-hydrogen) atoms. The van der Waals surface area contributed by atoms with Gasteiger partial charge in [-0.25, -0.2) is 9.97 Å². The molecule has 1 fully saturated rings. The van der Waals surface area contributed by atoms with Gasteiger partial charge in [0, 0.05) is 88.8 Å². The highest BCUT2D eigenvalue weighted by atomic mass is 127. The predicted molar refractivity (Wildman–Crippen MR) is 134 cm³/mol. The molecule has 4 aromatic heterocycles. The van der Waals surface area contributed by atoms with Crippen molar-refractivity contribution in [1.82, 2.24) is 29.0 Å². The first kappa shape index (κ1) is 21.0. The molecule has 5 heterocycles. The molecular formula is C21H20ClIN6OS. The minimum absolute atomic E-state index is 0.377. The summed E-state index contributed by atoms with van der Waals surface area (Å²) in [6.45, 7) is 2.01. The Morgan fingerprint density at radius 1 is 1.13 bits per heavy atom. The van der Waals surface area contributed by atoms with Gasteiger partial charge in [-0.3, -0.25) is 8.65 Å². The van der Waals surface area contributed by atoms with Gasteiger partial charge >= 0.3 is 0 Å². The lowest BCUT2D eigenvalue weighted by atomic mass is 10.0. The van der Waals surface area contributed by atoms with Crippen molar-refractivity contribution in [2.45, 2.75) is 18.9 Å². The summed E-state index contributed by atoms with van der Waals surface area (Å²) in [5, 5.41) is 9.55. The van der Waals surface area contributed by atoms with Crippen molar-refractivity contribution in [3.63, 3.8) is 0 Å². The predicted octanol–water partition coefficient (Wildman–Crippen LogP) is 5.39. The molecule has 1 saturated heterocycles. The van der Waals surface area contributed by atoms with Gasteiger partial charge in [0.05, 0.1) is 13.2 Å². The van der Waals surface area contributed by atoms with Gasteiger partial charge in [0.25, 0.3) is 0 Å². The largest absolute Gasteiger partial charge is 0.481 e. The van der Waals surface area contributed by atoms with Crippen LogP contribution in [0.3, 0.4) is 0 Å². The third-order valence-corrected chi connectivity index (χ3v) is 7.60. The second-order valence-electron chi connectivity index (χ2n) is 7.42. The molecule has 0 bridgehead atoms. The Hall–Kier alpha value is -1.82. The van der Waals surface area contributed by atoms with Crippen LogP contribution in [-0.2, 0) is 0 Å². The molecule has 5 rings (SSSR count). The quantitative estimate of drug-likeness (QED) is 0.327. The van der Waals surface area contributed by atoms with E-state index in [0.29, 0.717) is 17.1 Å². The van der Waals surface area contributed by atoms with Gasteiger partial charge in [-0.2, -0.15) is 5.10 Å². The standard InChI is InChI=1S/C21H20ClIN6OS/c1-30-19-3-2-13(9-25-19)17-12-29(31-23)21-16(17)8-14(10-26-21)18-11-28(27-20(18)22)15-4-6-24-7-5-15/h2-3,8-12,15,24H,4-7H2,1H3. The van der Waals surface area contributed by atoms with Gasteiger partial charge in [0.15, 0.2) is 10.8 Å². The van der Waals surface area contributed by atoms with E-state index in [1.165, 1.54) is 0 Å². The molecule has 4 aromatic rings. The van der Waals surface area contributed by atoms with Crippen LogP contribution in [0.5, 0.6) is 5.88 Å². The number of fused-ring (bicyclic) bond motifs is 1. The van der Waals surface area contributed by atoms with Crippen molar-refractivity contribution in [2.24, 2.45) is 0 Å². The van der Waals surface area contributed by atoms with Crippen molar-refractivity contribution in [3.8, 4) is 28.1 Å². The van der Waals surface area contributed by atoms with E-state index in [1.807, 2.05) is 29.2 Å². The van der Waals surface area contributed by atoms with Crippen molar-refractivity contribution >= 4 is 53.0 Å². The van der Waals surface area contributed by atoms with Crippen LogP contribution in [-0.4, -0.2) is 43.9 Å². The number of nitrogens with zero attached hydrogens (tertiary/aromatic N) is 5. The number of aromatic nitrogens is 5. The molecule has 160 valence electrons. The maximum absolute atomic E-state index is 6.56. The summed E-state index contributed by atoms with van der Waals surface area (Å²) >= 11 is 8.83. The smallest absolute Gasteiger partial charge is 0.212 e. The fraction of sp³-hybridized carbons (Fsp3) is 0.286. The summed E-state index contributed by atoms with van der Waals surface area (Å²) in [6, 6.07) is 6.40. The molecule has 10 heteroatoms. The van der Waals surface area contributed by atoms with Crippen LogP contribution in [0.4, 0.5) is 0 Å². The van der Waals surface area contributed by atoms with E-state index < -0.39 is 0 Å². The Kier molecular flexibility index (Phi) is 6.09. The number of pyridine rings is 2. The van der Waals surface area contributed by atoms with Crippen LogP contribution < -0.4 is 10.1 Å². The van der Waals surface area contributed by atoms with Crippen LogP contribution in [0.25, 0.3) is 33.3 Å². The van der Waals surface area contributed by atoms with Crippen LogP contribution >= 0.6 is 41.9 Å². The van der Waals surface area contributed by atoms with Crippen molar-refractivity contribution in [3.05, 3.63) is 48.1 Å². The zero-order chi connectivity index (χ0) is 21.4. The molecule has 1 N–H and O–H groups in total. The van der Waals surface area contributed by atoms with E-state index in [0.717, 1.165) is 59.2 Å². The second kappa shape index (κ2) is 8.97. The van der Waals surface area contributed by atoms with Gasteiger partial charge < -0.3 is 10.1 Å². The average molecular weight is 567 g/mol. The first-order valence-electron chi connectivity index (χ1n) is 9.94. The summed E-state index contributed by atoms with van der Waals surface area (Å²) in [5.74, 6) is 0.590. The highest BCUT2D eigenvalue weighted by molar-refractivity contribution is 14.2. The molecule has 0 aromatic carbocycles. The maximum Gasteiger partial charge on any atom is 0.212 e. The van der Waals surface area contributed by atoms with Gasteiger partial charge in [0.1, 0.15) is 0 Å². The lowest BCUT2D eigenvalue weighted by Gasteiger charge is -2.22. The molecule has 0 spiro atoms. The minimum Gasteiger partial charge on any atom is -0.481 e. The Morgan fingerprint density at radius 2 is 1.94 bits per heavy atom. The van der Waals surface area contributed by atoms with Crippen molar-refractivity contribution in [2.75, 3.05) is 20.2 Å². The molecule has 1 aliphatic heterocycles. The third kappa shape index (κ3) is 4.04. The topological polar surface area (TPSA) is 69.8 Å². The molecule has 7 nitrogen and oxygen atoms in total. The molecule has 1 aliphatic rings. The fourth-order valence-electron chi connectivity index (χ4n) is 3.99. The van der Waals surface area contributed by atoms with E-state index in [-0.39, 0.29) is 0 Å². The number of methoxy groups -OCH3 is 1. The molecular weight excluding hydrogens is 547 g/mol. The van der Waals surface area contributed by atoms with Gasteiger partial charge in [-0.05, 0) is 38.1 Å². The molecule has 0 atom stereocenters. The van der Waals surface area contributed by atoms with Crippen LogP contribution in [0, 0.1) is 0 Å². The maximum atomic E-state index is 6.56. The number of rotatable bonds is 5. The fourth-order valence-corrected chi connectivity index (χ4v) is 5.49. The highest BCUT2D eigenvalue weighted by Gasteiger charge is 2.20. The molecule has 0 radical (unpaired) electrons. The summed E-state index contributed by atoms with van der Waals surface area (Å²) in [4.78, 5) is 9.12. The Balaban J connectivity index is 1.58. The first-order valence-corrected chi connectivity index (χ1v) is 13.6. The van der Waals surface area contributed by atoms with Gasteiger partial charge in [-0.1, -0.05) is 11.6 Å². The summed E-state index contributed by atoms with van der Waals surface area (Å²) in [7, 11) is 3.20.